The number of carbonyl (C=O) groups is 1. The van der Waals surface area contributed by atoms with Gasteiger partial charge < -0.3 is 20.9 Å². The highest BCUT2D eigenvalue weighted by atomic mass is 19.4. The highest BCUT2D eigenvalue weighted by Crippen LogP contribution is 2.37. The number of alkyl halides is 3. The van der Waals surface area contributed by atoms with Gasteiger partial charge in [-0.3, -0.25) is 9.69 Å². The third kappa shape index (κ3) is 6.60. The van der Waals surface area contributed by atoms with E-state index in [0.717, 1.165) is 54.5 Å². The van der Waals surface area contributed by atoms with Crippen molar-refractivity contribution in [1.29, 1.82) is 0 Å². The van der Waals surface area contributed by atoms with Crippen LogP contribution in [0.4, 0.5) is 42.1 Å². The van der Waals surface area contributed by atoms with Crippen LogP contribution in [-0.4, -0.2) is 44.5 Å². The lowest BCUT2D eigenvalue weighted by atomic mass is 10.0. The van der Waals surface area contributed by atoms with Gasteiger partial charge in [-0.05, 0) is 80.8 Å². The minimum Gasteiger partial charge on any atom is -0.366 e. The molecule has 2 aromatic heterocycles. The number of para-hydroxylation sites is 2. The standard InChI is InChI=1S/C33H33F3N8O/c1-3-24(25-12-7-15-37-25)41-29-18-30(39-19-38-29)44(32-42-26-10-4-5-11-27(26)43-32)28-17-23(14-13-20(28)2)40-31(45)21-8-6-9-22(16-21)33(34,35)36/h4-6,8-11,13-14,16-19,24-25,37H,3,7,12,15H2,1-2H3,(H,40,45)(H,42,43)(H,38,39,41). The summed E-state index contributed by atoms with van der Waals surface area (Å²) in [4.78, 5) is 32.2. The summed E-state index contributed by atoms with van der Waals surface area (Å²) in [6.45, 7) is 5.06. The molecule has 1 fully saturated rings. The van der Waals surface area contributed by atoms with Crippen molar-refractivity contribution in [2.75, 3.05) is 22.1 Å². The van der Waals surface area contributed by atoms with Crippen molar-refractivity contribution in [3.05, 3.63) is 95.8 Å². The molecule has 0 radical (unpaired) electrons. The Bertz CT molecular complexity index is 1780. The lowest BCUT2D eigenvalue weighted by Crippen LogP contribution is -2.39. The summed E-state index contributed by atoms with van der Waals surface area (Å²) < 4.78 is 39.8. The van der Waals surface area contributed by atoms with Crippen LogP contribution < -0.4 is 20.9 Å². The Morgan fingerprint density at radius 1 is 1.07 bits per heavy atom. The zero-order chi connectivity index (χ0) is 31.6. The van der Waals surface area contributed by atoms with Gasteiger partial charge in [-0.25, -0.2) is 15.0 Å². The molecule has 1 aliphatic rings. The Morgan fingerprint density at radius 2 is 1.91 bits per heavy atom. The number of amides is 1. The van der Waals surface area contributed by atoms with Gasteiger partial charge in [-0.1, -0.05) is 31.2 Å². The van der Waals surface area contributed by atoms with Gasteiger partial charge in [0.2, 0.25) is 5.95 Å². The molecular formula is C33H33F3N8O. The maximum absolute atomic E-state index is 13.3. The molecule has 6 rings (SSSR count). The lowest BCUT2D eigenvalue weighted by molar-refractivity contribution is -0.137. The number of benzene rings is 3. The number of fused-ring (bicyclic) bond motifs is 1. The molecule has 1 saturated heterocycles. The van der Waals surface area contributed by atoms with E-state index in [9.17, 15) is 18.0 Å². The zero-order valence-corrected chi connectivity index (χ0v) is 24.8. The maximum atomic E-state index is 13.3. The van der Waals surface area contributed by atoms with Crippen molar-refractivity contribution in [3.8, 4) is 0 Å². The predicted octanol–water partition coefficient (Wildman–Crippen LogP) is 7.34. The Balaban J connectivity index is 1.37. The van der Waals surface area contributed by atoms with Crippen LogP contribution in [0.2, 0.25) is 0 Å². The van der Waals surface area contributed by atoms with Crippen LogP contribution in [0.25, 0.3) is 11.0 Å². The second kappa shape index (κ2) is 12.6. The number of nitrogens with one attached hydrogen (secondary N) is 4. The Labute approximate surface area is 258 Å². The Hall–Kier alpha value is -4.97. The second-order valence-corrected chi connectivity index (χ2v) is 11.1. The molecule has 45 heavy (non-hydrogen) atoms. The first-order chi connectivity index (χ1) is 21.7. The van der Waals surface area contributed by atoms with Crippen LogP contribution in [0, 0.1) is 6.92 Å². The molecule has 3 aromatic carbocycles. The van der Waals surface area contributed by atoms with Gasteiger partial charge >= 0.3 is 6.18 Å². The van der Waals surface area contributed by atoms with Crippen molar-refractivity contribution in [2.45, 2.75) is 51.4 Å². The van der Waals surface area contributed by atoms with Gasteiger partial charge in [0.15, 0.2) is 0 Å². The lowest BCUT2D eigenvalue weighted by Gasteiger charge is -2.26. The normalized spacial score (nSPS) is 15.6. The molecule has 0 bridgehead atoms. The van der Waals surface area contributed by atoms with Crippen molar-refractivity contribution in [3.63, 3.8) is 0 Å². The first-order valence-electron chi connectivity index (χ1n) is 14.9. The summed E-state index contributed by atoms with van der Waals surface area (Å²) in [5, 5.41) is 9.88. The van der Waals surface area contributed by atoms with E-state index in [-0.39, 0.29) is 11.6 Å². The summed E-state index contributed by atoms with van der Waals surface area (Å²) in [7, 11) is 0. The van der Waals surface area contributed by atoms with Crippen molar-refractivity contribution >= 4 is 45.9 Å². The monoisotopic (exact) mass is 614 g/mol. The summed E-state index contributed by atoms with van der Waals surface area (Å²) >= 11 is 0. The molecule has 2 unspecified atom stereocenters. The van der Waals surface area contributed by atoms with Crippen LogP contribution >= 0.6 is 0 Å². The number of hydrogen-bond donors (Lipinski definition) is 4. The van der Waals surface area contributed by atoms with Gasteiger partial charge in [0, 0.05) is 29.4 Å². The quantitative estimate of drug-likeness (QED) is 0.137. The Morgan fingerprint density at radius 3 is 2.67 bits per heavy atom. The van der Waals surface area contributed by atoms with E-state index in [2.05, 4.69) is 37.8 Å². The van der Waals surface area contributed by atoms with E-state index in [1.807, 2.05) is 48.2 Å². The van der Waals surface area contributed by atoms with Gasteiger partial charge in [0.1, 0.15) is 18.0 Å². The van der Waals surface area contributed by atoms with Crippen molar-refractivity contribution < 1.29 is 18.0 Å². The molecule has 2 atom stereocenters. The van der Waals surface area contributed by atoms with Crippen LogP contribution in [-0.2, 0) is 6.18 Å². The van der Waals surface area contributed by atoms with Gasteiger partial charge in [0.05, 0.1) is 22.3 Å². The molecule has 12 heteroatoms. The number of nitrogens with zero attached hydrogens (tertiary/aromatic N) is 4. The van der Waals surface area contributed by atoms with E-state index < -0.39 is 17.6 Å². The van der Waals surface area contributed by atoms with E-state index >= 15 is 0 Å². The molecular weight excluding hydrogens is 581 g/mol. The minimum atomic E-state index is -4.56. The predicted molar refractivity (Wildman–Crippen MR) is 169 cm³/mol. The fourth-order valence-corrected chi connectivity index (χ4v) is 5.64. The summed E-state index contributed by atoms with van der Waals surface area (Å²) in [6, 6.07) is 19.7. The maximum Gasteiger partial charge on any atom is 0.416 e. The molecule has 0 saturated carbocycles. The minimum absolute atomic E-state index is 0.102. The van der Waals surface area contributed by atoms with Crippen LogP contribution in [0.3, 0.4) is 0 Å². The first-order valence-corrected chi connectivity index (χ1v) is 14.9. The van der Waals surface area contributed by atoms with Gasteiger partial charge in [-0.15, -0.1) is 0 Å². The number of aryl methyl sites for hydroxylation is 1. The molecule has 3 heterocycles. The van der Waals surface area contributed by atoms with E-state index in [4.69, 9.17) is 4.98 Å². The van der Waals surface area contributed by atoms with Crippen LogP contribution in [0.5, 0.6) is 0 Å². The fourth-order valence-electron chi connectivity index (χ4n) is 5.64. The Kier molecular flexibility index (Phi) is 8.40. The van der Waals surface area contributed by atoms with Crippen molar-refractivity contribution in [1.82, 2.24) is 25.3 Å². The molecule has 5 aromatic rings. The number of halogens is 3. The first kappa shape index (κ1) is 30.1. The summed E-state index contributed by atoms with van der Waals surface area (Å²) in [5.41, 5.74) is 2.50. The highest BCUT2D eigenvalue weighted by molar-refractivity contribution is 6.04. The number of rotatable bonds is 9. The molecule has 9 nitrogen and oxygen atoms in total. The summed E-state index contributed by atoms with van der Waals surface area (Å²) in [5.74, 6) is 1.03. The number of aromatic nitrogens is 4. The highest BCUT2D eigenvalue weighted by Gasteiger charge is 2.31. The van der Waals surface area contributed by atoms with Gasteiger partial charge in [0.25, 0.3) is 5.91 Å². The topological polar surface area (TPSA) is 111 Å². The molecule has 1 aliphatic heterocycles. The number of imidazole rings is 1. The second-order valence-electron chi connectivity index (χ2n) is 11.1. The average molecular weight is 615 g/mol. The van der Waals surface area contributed by atoms with Gasteiger partial charge in [-0.2, -0.15) is 13.2 Å². The SMILES string of the molecule is CCC(Nc1cc(N(c2nc3ccccc3[nH]2)c2cc(NC(=O)c3cccc(C(F)(F)F)c3)ccc2C)ncn1)C1CCCN1. The van der Waals surface area contributed by atoms with Crippen LogP contribution in [0.1, 0.15) is 47.7 Å². The molecule has 232 valence electrons. The molecule has 0 spiro atoms. The number of aromatic amines is 1. The number of H-pyrrole nitrogens is 1. The third-order valence-electron chi connectivity index (χ3n) is 7.99. The number of hydrogen-bond acceptors (Lipinski definition) is 7. The van der Waals surface area contributed by atoms with Crippen LogP contribution in [0.15, 0.2) is 79.1 Å². The smallest absolute Gasteiger partial charge is 0.366 e. The van der Waals surface area contributed by atoms with Crippen molar-refractivity contribution in [2.24, 2.45) is 0 Å². The number of anilines is 5. The fraction of sp³-hybridized carbons (Fsp3) is 0.273. The van der Waals surface area contributed by atoms with E-state index in [0.29, 0.717) is 35.0 Å². The molecule has 4 N–H and O–H groups in total. The van der Waals surface area contributed by atoms with E-state index in [1.165, 1.54) is 18.5 Å². The van der Waals surface area contributed by atoms with E-state index in [1.54, 1.807) is 12.1 Å². The summed E-state index contributed by atoms with van der Waals surface area (Å²) in [6.07, 6.45) is 0.0779. The largest absolute Gasteiger partial charge is 0.416 e. The molecule has 1 amide bonds. The number of carbonyl (C=O) groups excluding carboxylic acids is 1. The third-order valence-corrected chi connectivity index (χ3v) is 7.99. The molecule has 0 aliphatic carbocycles. The zero-order valence-electron chi connectivity index (χ0n) is 24.8. The average Bonchev–Trinajstić information content (AvgIpc) is 3.72.